The zero-order valence-corrected chi connectivity index (χ0v) is 24.3. The summed E-state index contributed by atoms with van der Waals surface area (Å²) in [6.45, 7) is 2.49. The normalized spacial score (nSPS) is 15.8. The summed E-state index contributed by atoms with van der Waals surface area (Å²) < 4.78 is 91.2. The Morgan fingerprint density at radius 2 is 1.68 bits per heavy atom. The minimum absolute atomic E-state index is 0.0454. The Morgan fingerprint density at radius 3 is 2.23 bits per heavy atom. The van der Waals surface area contributed by atoms with E-state index >= 15 is 0 Å². The number of benzene rings is 2. The number of nitrogens with zero attached hydrogens (tertiary/aromatic N) is 4. The summed E-state index contributed by atoms with van der Waals surface area (Å²) in [4.78, 5) is 17.9. The standard InChI is InChI=1S/C30H28F6N4O3S/c1-20-38-25(18-44-20)16-40(27(41)26-7-10-37-43-26)39-11-8-28(9-12-39,22-5-3-2-4-6-22)19-42-17-21-13-23(29(31,32)33)15-24(14-21)30(34,35)36/h2-7,10,13-15,18H,8-9,11-12,16-17,19H2,1H3. The Bertz CT molecular complexity index is 1520. The number of hydrogen-bond donors (Lipinski definition) is 0. The molecule has 0 aliphatic carbocycles. The summed E-state index contributed by atoms with van der Waals surface area (Å²) in [6.07, 6.45) is -7.53. The first-order chi connectivity index (χ1) is 20.8. The molecule has 0 saturated carbocycles. The summed E-state index contributed by atoms with van der Waals surface area (Å²) in [6, 6.07) is 12.3. The molecule has 14 heteroatoms. The Morgan fingerprint density at radius 1 is 1.02 bits per heavy atom. The molecule has 2 aromatic carbocycles. The van der Waals surface area contributed by atoms with Crippen LogP contribution in [0.15, 0.2) is 70.7 Å². The number of hydrazine groups is 1. The minimum Gasteiger partial charge on any atom is -0.376 e. The van der Waals surface area contributed by atoms with Crippen molar-refractivity contribution < 1.29 is 40.4 Å². The number of aromatic nitrogens is 2. The van der Waals surface area contributed by atoms with Crippen LogP contribution in [0.3, 0.4) is 0 Å². The third-order valence-electron chi connectivity index (χ3n) is 7.58. The van der Waals surface area contributed by atoms with Gasteiger partial charge in [-0.2, -0.15) is 26.3 Å². The van der Waals surface area contributed by atoms with Gasteiger partial charge in [-0.25, -0.2) is 9.99 Å². The van der Waals surface area contributed by atoms with E-state index in [0.29, 0.717) is 43.8 Å². The lowest BCUT2D eigenvalue weighted by atomic mass is 9.73. The predicted octanol–water partition coefficient (Wildman–Crippen LogP) is 7.29. The Balaban J connectivity index is 1.35. The van der Waals surface area contributed by atoms with Crippen LogP contribution < -0.4 is 0 Å². The van der Waals surface area contributed by atoms with Crippen LogP contribution in [0.5, 0.6) is 0 Å². The van der Waals surface area contributed by atoms with E-state index in [0.717, 1.165) is 10.6 Å². The molecule has 1 saturated heterocycles. The molecule has 1 amide bonds. The lowest BCUT2D eigenvalue weighted by Crippen LogP contribution is -2.53. The van der Waals surface area contributed by atoms with Crippen LogP contribution in [-0.2, 0) is 35.7 Å². The smallest absolute Gasteiger partial charge is 0.376 e. The zero-order valence-electron chi connectivity index (χ0n) is 23.5. The maximum Gasteiger partial charge on any atom is 0.416 e. The van der Waals surface area contributed by atoms with Crippen LogP contribution in [0.25, 0.3) is 0 Å². The Kier molecular flexibility index (Phi) is 9.14. The maximum atomic E-state index is 13.4. The minimum atomic E-state index is -4.94. The van der Waals surface area contributed by atoms with Crippen LogP contribution in [0.1, 0.15) is 56.4 Å². The molecular formula is C30H28F6N4O3S. The van der Waals surface area contributed by atoms with E-state index in [4.69, 9.17) is 9.26 Å². The highest BCUT2D eigenvalue weighted by atomic mass is 32.1. The van der Waals surface area contributed by atoms with Gasteiger partial charge in [0.25, 0.3) is 0 Å². The van der Waals surface area contributed by atoms with Crippen molar-refractivity contribution in [1.82, 2.24) is 20.2 Å². The Labute approximate surface area is 253 Å². The summed E-state index contributed by atoms with van der Waals surface area (Å²) in [5.41, 5.74) is -1.97. The number of carbonyl (C=O) groups excluding carboxylic acids is 1. The average Bonchev–Trinajstić information content (AvgIpc) is 3.68. The average molecular weight is 639 g/mol. The first-order valence-corrected chi connectivity index (χ1v) is 14.5. The largest absolute Gasteiger partial charge is 0.416 e. The van der Waals surface area contributed by atoms with Crippen molar-refractivity contribution in [2.75, 3.05) is 19.7 Å². The van der Waals surface area contributed by atoms with Gasteiger partial charge in [0.2, 0.25) is 5.76 Å². The number of alkyl halides is 6. The summed E-state index contributed by atoms with van der Waals surface area (Å²) in [5, 5.41) is 9.83. The monoisotopic (exact) mass is 638 g/mol. The van der Waals surface area contributed by atoms with Gasteiger partial charge in [-0.1, -0.05) is 35.5 Å². The van der Waals surface area contributed by atoms with Crippen molar-refractivity contribution >= 4 is 17.2 Å². The molecule has 1 fully saturated rings. The van der Waals surface area contributed by atoms with Gasteiger partial charge in [-0.05, 0) is 49.1 Å². The maximum absolute atomic E-state index is 13.4. The highest BCUT2D eigenvalue weighted by molar-refractivity contribution is 7.09. The number of amides is 1. The molecule has 3 heterocycles. The Hall–Kier alpha value is -3.75. The molecular weight excluding hydrogens is 610 g/mol. The van der Waals surface area contributed by atoms with E-state index in [9.17, 15) is 31.1 Å². The molecule has 0 spiro atoms. The second-order valence-corrected chi connectivity index (χ2v) is 11.7. The van der Waals surface area contributed by atoms with Crippen molar-refractivity contribution in [1.29, 1.82) is 0 Å². The topological polar surface area (TPSA) is 71.7 Å². The fraction of sp³-hybridized carbons (Fsp3) is 0.367. The molecule has 44 heavy (non-hydrogen) atoms. The van der Waals surface area contributed by atoms with Gasteiger partial charge in [0.15, 0.2) is 0 Å². The molecule has 0 N–H and O–H groups in total. The summed E-state index contributed by atoms with van der Waals surface area (Å²) in [5.74, 6) is -0.318. The van der Waals surface area contributed by atoms with E-state index in [1.54, 1.807) is 5.01 Å². The van der Waals surface area contributed by atoms with E-state index in [1.165, 1.54) is 23.6 Å². The van der Waals surface area contributed by atoms with Crippen LogP contribution in [0, 0.1) is 6.92 Å². The zero-order chi connectivity index (χ0) is 31.5. The molecule has 7 nitrogen and oxygen atoms in total. The lowest BCUT2D eigenvalue weighted by Gasteiger charge is -2.45. The van der Waals surface area contributed by atoms with Crippen molar-refractivity contribution in [2.45, 2.75) is 50.7 Å². The second-order valence-electron chi connectivity index (χ2n) is 10.6. The number of aryl methyl sites for hydroxylation is 1. The molecule has 0 bridgehead atoms. The third kappa shape index (κ3) is 7.30. The van der Waals surface area contributed by atoms with Crippen molar-refractivity contribution in [3.63, 3.8) is 0 Å². The van der Waals surface area contributed by atoms with E-state index in [-0.39, 0.29) is 36.4 Å². The van der Waals surface area contributed by atoms with Crippen LogP contribution in [-0.4, -0.2) is 45.8 Å². The molecule has 1 aliphatic rings. The fourth-order valence-electron chi connectivity index (χ4n) is 5.33. The molecule has 0 atom stereocenters. The second kappa shape index (κ2) is 12.7. The number of thiazole rings is 1. The van der Waals surface area contributed by atoms with Gasteiger partial charge < -0.3 is 9.26 Å². The number of ether oxygens (including phenoxy) is 1. The number of rotatable bonds is 9. The van der Waals surface area contributed by atoms with Crippen LogP contribution in [0.4, 0.5) is 26.3 Å². The van der Waals surface area contributed by atoms with Gasteiger partial charge in [-0.3, -0.25) is 9.80 Å². The predicted molar refractivity (Wildman–Crippen MR) is 148 cm³/mol. The van der Waals surface area contributed by atoms with Gasteiger partial charge in [0.1, 0.15) is 0 Å². The molecule has 2 aromatic heterocycles. The van der Waals surface area contributed by atoms with Crippen molar-refractivity contribution in [3.05, 3.63) is 105 Å². The van der Waals surface area contributed by atoms with Gasteiger partial charge in [-0.15, -0.1) is 11.3 Å². The van der Waals surface area contributed by atoms with Gasteiger partial charge >= 0.3 is 18.3 Å². The van der Waals surface area contributed by atoms with Crippen LogP contribution in [0.2, 0.25) is 0 Å². The number of carbonyl (C=O) groups is 1. The third-order valence-corrected chi connectivity index (χ3v) is 8.40. The SMILES string of the molecule is Cc1nc(CN(C(=O)c2ccno2)N2CCC(COCc3cc(C(F)(F)F)cc(C(F)(F)F)c3)(c3ccccc3)CC2)cs1. The van der Waals surface area contributed by atoms with E-state index in [2.05, 4.69) is 10.1 Å². The summed E-state index contributed by atoms with van der Waals surface area (Å²) in [7, 11) is 0. The van der Waals surface area contributed by atoms with Crippen molar-refractivity contribution in [2.24, 2.45) is 0 Å². The molecule has 0 unspecified atom stereocenters. The number of hydrogen-bond acceptors (Lipinski definition) is 7. The first-order valence-electron chi connectivity index (χ1n) is 13.6. The highest BCUT2D eigenvalue weighted by Gasteiger charge is 2.40. The van der Waals surface area contributed by atoms with Crippen LogP contribution >= 0.6 is 11.3 Å². The number of piperidine rings is 1. The molecule has 0 radical (unpaired) electrons. The van der Waals surface area contributed by atoms with Crippen molar-refractivity contribution in [3.8, 4) is 0 Å². The molecule has 1 aliphatic heterocycles. The highest BCUT2D eigenvalue weighted by Crippen LogP contribution is 2.39. The molecule has 4 aromatic rings. The summed E-state index contributed by atoms with van der Waals surface area (Å²) >= 11 is 1.47. The first kappa shape index (κ1) is 31.7. The number of halogens is 6. The molecule has 5 rings (SSSR count). The quantitative estimate of drug-likeness (QED) is 0.180. The van der Waals surface area contributed by atoms with Gasteiger partial charge in [0.05, 0.1) is 47.8 Å². The molecule has 234 valence electrons. The lowest BCUT2D eigenvalue weighted by molar-refractivity contribution is -0.143. The van der Waals surface area contributed by atoms with E-state index < -0.39 is 35.5 Å². The fourth-order valence-corrected chi connectivity index (χ4v) is 5.93. The van der Waals surface area contributed by atoms with Gasteiger partial charge in [0, 0.05) is 30.0 Å². The van der Waals surface area contributed by atoms with E-state index in [1.807, 2.05) is 47.6 Å².